The third-order valence-corrected chi connectivity index (χ3v) is 9.23. The monoisotopic (exact) mass is 504 g/mol. The van der Waals surface area contributed by atoms with Gasteiger partial charge in [0.1, 0.15) is 0 Å². The van der Waals surface area contributed by atoms with Crippen LogP contribution >= 0.6 is 31.5 Å². The summed E-state index contributed by atoms with van der Waals surface area (Å²) in [5, 5.41) is 0. The van der Waals surface area contributed by atoms with E-state index in [-0.39, 0.29) is 11.1 Å². The van der Waals surface area contributed by atoms with Crippen molar-refractivity contribution in [1.82, 2.24) is 0 Å². The van der Waals surface area contributed by atoms with Crippen LogP contribution in [-0.2, 0) is 0 Å². The highest BCUT2D eigenvalue weighted by Gasteiger charge is 2.48. The number of rotatable bonds is 0. The molecule has 0 aliphatic carbocycles. The van der Waals surface area contributed by atoms with E-state index in [0.29, 0.717) is 13.4 Å². The maximum absolute atomic E-state index is 4.04. The van der Waals surface area contributed by atoms with Crippen LogP contribution < -0.4 is 54.6 Å². The Labute approximate surface area is 194 Å². The van der Waals surface area contributed by atoms with Gasteiger partial charge in [-0.2, -0.15) is 0 Å². The van der Waals surface area contributed by atoms with Crippen molar-refractivity contribution in [2.75, 3.05) is 0 Å². The van der Waals surface area contributed by atoms with Crippen molar-refractivity contribution in [3.8, 4) is 0 Å². The van der Waals surface area contributed by atoms with Crippen molar-refractivity contribution >= 4 is 111 Å². The lowest BCUT2D eigenvalue weighted by atomic mass is 9.15. The van der Waals surface area contributed by atoms with Crippen molar-refractivity contribution in [2.24, 2.45) is 0 Å². The first-order chi connectivity index (χ1) is 14.8. The van der Waals surface area contributed by atoms with Gasteiger partial charge in [0.05, 0.1) is 0 Å². The van der Waals surface area contributed by atoms with Gasteiger partial charge in [0.25, 0.3) is 11.1 Å². The minimum Gasteiger partial charge on any atom is -0.143 e. The van der Waals surface area contributed by atoms with E-state index < -0.39 is 0 Å². The lowest BCUT2D eigenvalue weighted by molar-refractivity contribution is 1.73. The van der Waals surface area contributed by atoms with Crippen molar-refractivity contribution in [3.05, 3.63) is 84.9 Å². The first-order valence-electron chi connectivity index (χ1n) is 10.5. The molecule has 30 heavy (non-hydrogen) atoms. The zero-order valence-corrected chi connectivity index (χ0v) is 19.3. The van der Waals surface area contributed by atoms with E-state index in [1.165, 1.54) is 54.6 Å². The predicted molar refractivity (Wildman–Crippen MR) is 143 cm³/mol. The Morgan fingerprint density at radius 3 is 1.13 bits per heavy atom. The fraction of sp³-hybridized carbons (Fsp3) is 0. The summed E-state index contributed by atoms with van der Waals surface area (Å²) in [5.74, 6) is 0. The van der Waals surface area contributed by atoms with Crippen molar-refractivity contribution in [3.63, 3.8) is 0 Å². The van der Waals surface area contributed by atoms with Crippen LogP contribution in [-0.4, -0.2) is 24.5 Å². The van der Waals surface area contributed by atoms with Crippen molar-refractivity contribution in [1.29, 1.82) is 0 Å². The molecule has 3 aliphatic rings. The highest BCUT2D eigenvalue weighted by atomic mass is 79.9. The minimum absolute atomic E-state index is 0.243. The van der Waals surface area contributed by atoms with Crippen molar-refractivity contribution < 1.29 is 0 Å². The highest BCUT2D eigenvalue weighted by Crippen LogP contribution is 2.10. The van der Waals surface area contributed by atoms with E-state index in [1.807, 2.05) is 0 Å². The van der Waals surface area contributed by atoms with Gasteiger partial charge in [-0.05, 0) is 0 Å². The second kappa shape index (κ2) is 6.31. The summed E-state index contributed by atoms with van der Waals surface area (Å²) in [6.07, 6.45) is 0. The fourth-order valence-electron chi connectivity index (χ4n) is 6.12. The lowest BCUT2D eigenvalue weighted by Gasteiger charge is -2.41. The summed E-state index contributed by atoms with van der Waals surface area (Å²) in [5.41, 5.74) is 15.0. The van der Waals surface area contributed by atoms with Crippen LogP contribution in [0.15, 0.2) is 84.9 Å². The smallest absolute Gasteiger partial charge is 0.143 e. The molecule has 0 amide bonds. The summed E-state index contributed by atoms with van der Waals surface area (Å²) >= 11 is 8.09. The minimum atomic E-state index is 0.243. The Kier molecular flexibility index (Phi) is 3.73. The molecule has 0 aromatic heterocycles. The van der Waals surface area contributed by atoms with Gasteiger partial charge in [0.15, 0.2) is 0 Å². The van der Waals surface area contributed by atoms with E-state index in [1.54, 1.807) is 0 Å². The SMILES string of the molecule is BrB1c2ccccc2B2c3cccc4c3B(c3ccccc3B4Br)c3cccc1c32. The lowest BCUT2D eigenvalue weighted by Crippen LogP contribution is -2.87. The van der Waals surface area contributed by atoms with Gasteiger partial charge in [-0.3, -0.25) is 0 Å². The number of fused-ring (bicyclic) bond motifs is 6. The number of benzene rings is 4. The Balaban J connectivity index is 1.64. The van der Waals surface area contributed by atoms with Gasteiger partial charge in [-0.25, -0.2) is 0 Å². The molecule has 3 heterocycles. The van der Waals surface area contributed by atoms with Gasteiger partial charge < -0.3 is 0 Å². The second-order valence-corrected chi connectivity index (χ2v) is 10.4. The second-order valence-electron chi connectivity index (χ2n) is 8.55. The Morgan fingerprint density at radius 2 is 0.700 bits per heavy atom. The van der Waals surface area contributed by atoms with Crippen LogP contribution in [0.2, 0.25) is 0 Å². The van der Waals surface area contributed by atoms with Crippen LogP contribution in [0.1, 0.15) is 0 Å². The molecular formula is C24H14B4Br2. The average molecular weight is 505 g/mol. The average Bonchev–Trinajstić information content (AvgIpc) is 2.80. The number of hydrogen-bond acceptors (Lipinski definition) is 0. The van der Waals surface area contributed by atoms with Crippen LogP contribution in [0.5, 0.6) is 0 Å². The molecular weight excluding hydrogens is 491 g/mol. The summed E-state index contributed by atoms with van der Waals surface area (Å²) in [4.78, 5) is 0. The molecule has 0 fully saturated rings. The first-order valence-corrected chi connectivity index (χ1v) is 12.3. The molecule has 7 rings (SSSR count). The molecule has 0 bridgehead atoms. The van der Waals surface area contributed by atoms with E-state index in [9.17, 15) is 0 Å². The van der Waals surface area contributed by atoms with Crippen LogP contribution in [0.4, 0.5) is 0 Å². The van der Waals surface area contributed by atoms with Gasteiger partial charge in [-0.1, -0.05) is 140 Å². The standard InChI is InChI=1S/C24H14B4Br2/c29-27-17-9-3-1-7-15(17)25-19-11-5-14-22-24(19)26(20-12-6-13-21(27)23(20)25)16-8-2-4-10-18(16)28(22)30/h1-14H. The van der Waals surface area contributed by atoms with E-state index in [4.69, 9.17) is 0 Å². The van der Waals surface area contributed by atoms with Crippen LogP contribution in [0.25, 0.3) is 0 Å². The first kappa shape index (κ1) is 17.7. The number of hydrogen-bond donors (Lipinski definition) is 0. The Bertz CT molecular complexity index is 1260. The van der Waals surface area contributed by atoms with E-state index in [0.717, 1.165) is 0 Å². The molecule has 0 radical (unpaired) electrons. The van der Waals surface area contributed by atoms with Gasteiger partial charge in [-0.15, -0.1) is 31.5 Å². The molecule has 6 heteroatoms. The van der Waals surface area contributed by atoms with Crippen LogP contribution in [0.3, 0.4) is 0 Å². The Morgan fingerprint density at radius 1 is 0.367 bits per heavy atom. The van der Waals surface area contributed by atoms with E-state index >= 15 is 0 Å². The third-order valence-electron chi connectivity index (χ3n) is 7.25. The maximum atomic E-state index is 4.04. The van der Waals surface area contributed by atoms with Gasteiger partial charge in [0.2, 0.25) is 13.4 Å². The highest BCUT2D eigenvalue weighted by molar-refractivity contribution is 9.25. The predicted octanol–water partition coefficient (Wildman–Crippen LogP) is -1.34. The molecule has 3 aliphatic heterocycles. The molecule has 0 N–H and O–H groups in total. The fourth-order valence-corrected chi connectivity index (χ4v) is 7.75. The molecule has 0 atom stereocenters. The van der Waals surface area contributed by atoms with Gasteiger partial charge in [0, 0.05) is 0 Å². The normalized spacial score (nSPS) is 14.7. The van der Waals surface area contributed by atoms with E-state index in [2.05, 4.69) is 116 Å². The quantitative estimate of drug-likeness (QED) is 0.229. The molecule has 0 unspecified atom stereocenters. The molecule has 4 aromatic rings. The zero-order valence-electron chi connectivity index (χ0n) is 16.1. The number of halogens is 2. The molecule has 0 spiro atoms. The molecule has 136 valence electrons. The summed E-state index contributed by atoms with van der Waals surface area (Å²) < 4.78 is 0. The summed E-state index contributed by atoms with van der Waals surface area (Å²) in [6, 6.07) is 31.8. The third kappa shape index (κ3) is 2.12. The topological polar surface area (TPSA) is 0 Å². The molecule has 4 aromatic carbocycles. The Hall–Kier alpha value is -1.90. The molecule has 0 saturated heterocycles. The van der Waals surface area contributed by atoms with Crippen LogP contribution in [0, 0.1) is 0 Å². The van der Waals surface area contributed by atoms with Gasteiger partial charge >= 0.3 is 0 Å². The summed E-state index contributed by atoms with van der Waals surface area (Å²) in [6.45, 7) is 0.606. The summed E-state index contributed by atoms with van der Waals surface area (Å²) in [7, 11) is 0. The zero-order chi connectivity index (χ0) is 20.0. The van der Waals surface area contributed by atoms with Crippen molar-refractivity contribution in [2.45, 2.75) is 0 Å². The molecule has 0 nitrogen and oxygen atoms in total. The largest absolute Gasteiger partial charge is 0.286 e. The molecule has 0 saturated carbocycles. The maximum Gasteiger partial charge on any atom is 0.286 e.